The quantitative estimate of drug-likeness (QED) is 0.480. The van der Waals surface area contributed by atoms with Crippen molar-refractivity contribution < 1.29 is 14.1 Å². The van der Waals surface area contributed by atoms with Crippen molar-refractivity contribution in [3.63, 3.8) is 0 Å². The van der Waals surface area contributed by atoms with Gasteiger partial charge in [0.25, 0.3) is 0 Å². The van der Waals surface area contributed by atoms with Crippen molar-refractivity contribution in [3.05, 3.63) is 64.9 Å². The molecule has 4 nitrogen and oxygen atoms in total. The number of fused-ring (bicyclic) bond motifs is 4. The summed E-state index contributed by atoms with van der Waals surface area (Å²) in [6, 6.07) is 10.2. The van der Waals surface area contributed by atoms with E-state index in [2.05, 4.69) is 5.16 Å². The summed E-state index contributed by atoms with van der Waals surface area (Å²) in [6.07, 6.45) is 1.47. The van der Waals surface area contributed by atoms with Crippen LogP contribution in [-0.2, 0) is 0 Å². The minimum atomic E-state index is -0.176. The van der Waals surface area contributed by atoms with Crippen molar-refractivity contribution >= 4 is 22.5 Å². The van der Waals surface area contributed by atoms with Gasteiger partial charge in [-0.05, 0) is 12.1 Å². The highest BCUT2D eigenvalue weighted by Gasteiger charge is 2.31. The van der Waals surface area contributed by atoms with Gasteiger partial charge < -0.3 is 4.52 Å². The molecule has 1 aliphatic rings. The summed E-state index contributed by atoms with van der Waals surface area (Å²) in [5.74, 6) is -0.320. The fourth-order valence-electron chi connectivity index (χ4n) is 2.51. The van der Waals surface area contributed by atoms with Crippen molar-refractivity contribution in [2.24, 2.45) is 0 Å². The first-order chi connectivity index (χ1) is 9.27. The van der Waals surface area contributed by atoms with Gasteiger partial charge in [-0.1, -0.05) is 29.4 Å². The maximum Gasteiger partial charge on any atom is 0.196 e. The molecule has 0 radical (unpaired) electrons. The molecule has 0 N–H and O–H groups in total. The molecule has 19 heavy (non-hydrogen) atoms. The Balaban J connectivity index is 2.14. The zero-order valence-corrected chi connectivity index (χ0v) is 9.71. The third-order valence-corrected chi connectivity index (χ3v) is 3.42. The van der Waals surface area contributed by atoms with E-state index < -0.39 is 0 Å². The number of rotatable bonds is 0. The second-order valence-corrected chi connectivity index (χ2v) is 4.44. The molecule has 4 heteroatoms. The van der Waals surface area contributed by atoms with E-state index in [1.807, 2.05) is 0 Å². The summed E-state index contributed by atoms with van der Waals surface area (Å²) in [5.41, 5.74) is 2.06. The molecule has 0 amide bonds. The van der Waals surface area contributed by atoms with Crippen LogP contribution >= 0.6 is 0 Å². The first-order valence-electron chi connectivity index (χ1n) is 5.83. The van der Waals surface area contributed by atoms with E-state index in [-0.39, 0.29) is 11.6 Å². The molecule has 90 valence electrons. The van der Waals surface area contributed by atoms with Crippen LogP contribution in [-0.4, -0.2) is 16.7 Å². The molecule has 0 fully saturated rings. The highest BCUT2D eigenvalue weighted by Crippen LogP contribution is 2.31. The number of aromatic nitrogens is 1. The maximum atomic E-state index is 12.5. The molecule has 0 saturated carbocycles. The summed E-state index contributed by atoms with van der Waals surface area (Å²) in [4.78, 5) is 24.9. The highest BCUT2D eigenvalue weighted by atomic mass is 16.5. The van der Waals surface area contributed by atoms with E-state index in [1.165, 1.54) is 6.26 Å². The largest absolute Gasteiger partial charge is 0.363 e. The topological polar surface area (TPSA) is 60.2 Å². The van der Waals surface area contributed by atoms with Gasteiger partial charge in [-0.25, -0.2) is 0 Å². The lowest BCUT2D eigenvalue weighted by Gasteiger charge is -2.16. The Morgan fingerprint density at radius 1 is 0.842 bits per heavy atom. The van der Waals surface area contributed by atoms with Gasteiger partial charge in [-0.15, -0.1) is 0 Å². The highest BCUT2D eigenvalue weighted by molar-refractivity contribution is 6.31. The first-order valence-corrected chi connectivity index (χ1v) is 5.83. The van der Waals surface area contributed by atoms with Crippen LogP contribution in [0, 0.1) is 0 Å². The standard InChI is InChI=1S/C15H7NO3/c17-14-9-3-1-2-4-10(9)15(18)12-11(14)6-5-8-7-19-16-13(8)12/h1-7H. The summed E-state index contributed by atoms with van der Waals surface area (Å²) < 4.78 is 4.89. The second kappa shape index (κ2) is 3.38. The summed E-state index contributed by atoms with van der Waals surface area (Å²) in [6.45, 7) is 0. The fraction of sp³-hybridized carbons (Fsp3) is 0. The first kappa shape index (κ1) is 10.2. The van der Waals surface area contributed by atoms with Crippen molar-refractivity contribution in [1.29, 1.82) is 0 Å². The zero-order valence-electron chi connectivity index (χ0n) is 9.71. The Labute approximate surface area is 107 Å². The van der Waals surface area contributed by atoms with Gasteiger partial charge in [0.15, 0.2) is 11.6 Å². The summed E-state index contributed by atoms with van der Waals surface area (Å²) in [5, 5.41) is 4.56. The molecule has 0 spiro atoms. The summed E-state index contributed by atoms with van der Waals surface area (Å²) >= 11 is 0. The van der Waals surface area contributed by atoms with Crippen molar-refractivity contribution in [2.75, 3.05) is 0 Å². The van der Waals surface area contributed by atoms with Gasteiger partial charge in [0.05, 0.1) is 5.56 Å². The number of nitrogens with zero attached hydrogens (tertiary/aromatic N) is 1. The fourth-order valence-corrected chi connectivity index (χ4v) is 2.51. The predicted molar refractivity (Wildman–Crippen MR) is 67.3 cm³/mol. The molecule has 0 unspecified atom stereocenters. The number of benzene rings is 2. The van der Waals surface area contributed by atoms with Gasteiger partial charge in [0.2, 0.25) is 0 Å². The van der Waals surface area contributed by atoms with Crippen molar-refractivity contribution in [2.45, 2.75) is 0 Å². The van der Waals surface area contributed by atoms with Gasteiger partial charge in [-0.3, -0.25) is 9.59 Å². The van der Waals surface area contributed by atoms with Gasteiger partial charge in [0.1, 0.15) is 11.8 Å². The van der Waals surface area contributed by atoms with Crippen LogP contribution in [0.25, 0.3) is 10.9 Å². The Morgan fingerprint density at radius 2 is 1.58 bits per heavy atom. The van der Waals surface area contributed by atoms with Gasteiger partial charge >= 0.3 is 0 Å². The summed E-state index contributed by atoms with van der Waals surface area (Å²) in [7, 11) is 0. The van der Waals surface area contributed by atoms with Crippen molar-refractivity contribution in [3.8, 4) is 0 Å². The predicted octanol–water partition coefficient (Wildman–Crippen LogP) is 2.60. The normalized spacial score (nSPS) is 13.5. The maximum absolute atomic E-state index is 12.5. The molecular weight excluding hydrogens is 242 g/mol. The third kappa shape index (κ3) is 1.20. The molecule has 0 saturated heterocycles. The Morgan fingerprint density at radius 3 is 2.37 bits per heavy atom. The number of carbonyl (C=O) groups excluding carboxylic acids is 2. The molecular formula is C15H7NO3. The molecule has 0 bridgehead atoms. The molecule has 2 aromatic carbocycles. The van der Waals surface area contributed by atoms with Crippen molar-refractivity contribution in [1.82, 2.24) is 5.16 Å². The van der Waals surface area contributed by atoms with Crippen LogP contribution < -0.4 is 0 Å². The van der Waals surface area contributed by atoms with Crippen LogP contribution in [0.1, 0.15) is 31.8 Å². The lowest BCUT2D eigenvalue weighted by Crippen LogP contribution is -2.21. The molecule has 4 rings (SSSR count). The Hall–Kier alpha value is -2.75. The van der Waals surface area contributed by atoms with E-state index in [1.54, 1.807) is 36.4 Å². The Kier molecular flexibility index (Phi) is 1.82. The monoisotopic (exact) mass is 249 g/mol. The van der Waals surface area contributed by atoms with Crippen LogP contribution in [0.3, 0.4) is 0 Å². The molecule has 0 aliphatic heterocycles. The lowest BCUT2D eigenvalue weighted by atomic mass is 9.83. The zero-order chi connectivity index (χ0) is 13.0. The molecule has 1 aromatic heterocycles. The number of hydrogen-bond acceptors (Lipinski definition) is 4. The minimum absolute atomic E-state index is 0.143. The van der Waals surface area contributed by atoms with Crippen LogP contribution in [0.5, 0.6) is 0 Å². The SMILES string of the molecule is O=C1c2ccccc2C(=O)c2c1ccc1conc21. The smallest absolute Gasteiger partial charge is 0.196 e. The second-order valence-electron chi connectivity index (χ2n) is 4.44. The van der Waals surface area contributed by atoms with E-state index >= 15 is 0 Å². The van der Waals surface area contributed by atoms with Gasteiger partial charge in [0, 0.05) is 22.1 Å². The molecule has 1 heterocycles. The van der Waals surface area contributed by atoms with E-state index in [0.717, 1.165) is 5.39 Å². The molecule has 1 aliphatic carbocycles. The van der Waals surface area contributed by atoms with E-state index in [4.69, 9.17) is 4.52 Å². The van der Waals surface area contributed by atoms with E-state index in [9.17, 15) is 9.59 Å². The van der Waals surface area contributed by atoms with E-state index in [0.29, 0.717) is 27.8 Å². The Bertz CT molecular complexity index is 861. The average Bonchev–Trinajstić information content (AvgIpc) is 2.92. The third-order valence-electron chi connectivity index (χ3n) is 3.42. The minimum Gasteiger partial charge on any atom is -0.363 e. The number of ketones is 2. The van der Waals surface area contributed by atoms with Crippen LogP contribution in [0.15, 0.2) is 47.2 Å². The lowest BCUT2D eigenvalue weighted by molar-refractivity contribution is 0.0980. The van der Waals surface area contributed by atoms with Gasteiger partial charge in [-0.2, -0.15) is 0 Å². The average molecular weight is 249 g/mol. The number of hydrogen-bond donors (Lipinski definition) is 0. The molecule has 0 atom stereocenters. The van der Waals surface area contributed by atoms with Crippen LogP contribution in [0.2, 0.25) is 0 Å². The van der Waals surface area contributed by atoms with Crippen LogP contribution in [0.4, 0.5) is 0 Å². The number of carbonyl (C=O) groups is 2. The molecule has 3 aromatic rings.